The van der Waals surface area contributed by atoms with E-state index in [1.54, 1.807) is 6.92 Å². The molecule has 0 saturated carbocycles. The molecule has 0 rings (SSSR count). The van der Waals surface area contributed by atoms with E-state index in [1.165, 1.54) is 6.92 Å². The van der Waals surface area contributed by atoms with Crippen LogP contribution in [-0.4, -0.2) is 25.2 Å². The Balaban J connectivity index is 4.02. The lowest BCUT2D eigenvalue weighted by Gasteiger charge is -2.06. The summed E-state index contributed by atoms with van der Waals surface area (Å²) in [6, 6.07) is 0. The van der Waals surface area contributed by atoms with Gasteiger partial charge in [-0.05, 0) is 0 Å². The molecule has 86 valence electrons. The molecular weight excluding hydrogens is 332 g/mol. The third-order valence-electron chi connectivity index (χ3n) is 1.35. The van der Waals surface area contributed by atoms with Crippen LogP contribution in [0.25, 0.3) is 0 Å². The van der Waals surface area contributed by atoms with Gasteiger partial charge in [-0.1, -0.05) is 38.8 Å². The fourth-order valence-electron chi connectivity index (χ4n) is 0.568. The molecule has 0 atom stereocenters. The highest BCUT2D eigenvalue weighted by molar-refractivity contribution is 9.14. The first-order valence-electron chi connectivity index (χ1n) is 4.29. The molecule has 0 bridgehead atoms. The van der Waals surface area contributed by atoms with Crippen LogP contribution in [0.15, 0.2) is 8.96 Å². The molecule has 0 aromatic heterocycles. The minimum atomic E-state index is -0.363. The maximum Gasteiger partial charge on any atom is 0.305 e. The van der Waals surface area contributed by atoms with Crippen LogP contribution in [0.3, 0.4) is 0 Å². The predicted octanol–water partition coefficient (Wildman–Crippen LogP) is 2.50. The Kier molecular flexibility index (Phi) is 7.68. The molecule has 0 radical (unpaired) electrons. The highest BCUT2D eigenvalue weighted by Crippen LogP contribution is 2.18. The van der Waals surface area contributed by atoms with Crippen molar-refractivity contribution in [1.82, 2.24) is 0 Å². The van der Waals surface area contributed by atoms with Gasteiger partial charge in [0.25, 0.3) is 0 Å². The van der Waals surface area contributed by atoms with Crippen LogP contribution in [0.1, 0.15) is 20.3 Å². The van der Waals surface area contributed by atoms with Crippen molar-refractivity contribution in [2.75, 3.05) is 13.2 Å². The molecule has 0 amide bonds. The lowest BCUT2D eigenvalue weighted by molar-refractivity contribution is -0.142. The molecule has 0 aromatic carbocycles. The highest BCUT2D eigenvalue weighted by atomic mass is 79.9. The lowest BCUT2D eigenvalue weighted by atomic mass is 10.5. The number of rotatable bonds is 5. The minimum absolute atomic E-state index is 0.125. The molecule has 15 heavy (non-hydrogen) atoms. The summed E-state index contributed by atoms with van der Waals surface area (Å²) in [5, 5.41) is 0. The SMILES string of the molecule is CCC(=O)OC/C(Br)=C(\Br)COC(C)=O. The first-order chi connectivity index (χ1) is 6.97. The fraction of sp³-hybridized carbons (Fsp3) is 0.556. The van der Waals surface area contributed by atoms with E-state index in [2.05, 4.69) is 31.9 Å². The summed E-state index contributed by atoms with van der Waals surface area (Å²) in [7, 11) is 0. The van der Waals surface area contributed by atoms with Crippen molar-refractivity contribution < 1.29 is 19.1 Å². The van der Waals surface area contributed by atoms with Gasteiger partial charge in [0.15, 0.2) is 0 Å². The monoisotopic (exact) mass is 342 g/mol. The van der Waals surface area contributed by atoms with Gasteiger partial charge in [-0.25, -0.2) is 0 Å². The van der Waals surface area contributed by atoms with Crippen molar-refractivity contribution in [3.05, 3.63) is 8.96 Å². The zero-order valence-electron chi connectivity index (χ0n) is 8.51. The first-order valence-corrected chi connectivity index (χ1v) is 5.88. The smallest absolute Gasteiger partial charge is 0.305 e. The molecule has 0 heterocycles. The summed E-state index contributed by atoms with van der Waals surface area (Å²) in [5.41, 5.74) is 0. The largest absolute Gasteiger partial charge is 0.460 e. The maximum absolute atomic E-state index is 10.8. The van der Waals surface area contributed by atoms with Gasteiger partial charge < -0.3 is 9.47 Å². The second-order valence-electron chi connectivity index (χ2n) is 2.60. The van der Waals surface area contributed by atoms with Crippen LogP contribution in [0.2, 0.25) is 0 Å². The molecule has 0 spiro atoms. The van der Waals surface area contributed by atoms with E-state index >= 15 is 0 Å². The summed E-state index contributed by atoms with van der Waals surface area (Å²) in [4.78, 5) is 21.4. The van der Waals surface area contributed by atoms with E-state index in [4.69, 9.17) is 9.47 Å². The zero-order valence-corrected chi connectivity index (χ0v) is 11.7. The summed E-state index contributed by atoms with van der Waals surface area (Å²) >= 11 is 6.42. The van der Waals surface area contributed by atoms with Crippen LogP contribution in [0, 0.1) is 0 Å². The molecule has 0 unspecified atom stereocenters. The minimum Gasteiger partial charge on any atom is -0.460 e. The number of ether oxygens (including phenoxy) is 2. The summed E-state index contributed by atoms with van der Waals surface area (Å²) in [6.07, 6.45) is 0.335. The third kappa shape index (κ3) is 7.56. The van der Waals surface area contributed by atoms with Crippen molar-refractivity contribution in [3.8, 4) is 0 Å². The third-order valence-corrected chi connectivity index (χ3v) is 3.29. The van der Waals surface area contributed by atoms with E-state index in [0.717, 1.165) is 0 Å². The zero-order chi connectivity index (χ0) is 11.8. The van der Waals surface area contributed by atoms with Gasteiger partial charge >= 0.3 is 11.9 Å². The van der Waals surface area contributed by atoms with Crippen molar-refractivity contribution in [3.63, 3.8) is 0 Å². The second kappa shape index (κ2) is 7.87. The van der Waals surface area contributed by atoms with E-state index in [-0.39, 0.29) is 25.2 Å². The van der Waals surface area contributed by atoms with Gasteiger partial charge in [0.2, 0.25) is 0 Å². The Bertz CT molecular complexity index is 273. The molecule has 0 fully saturated rings. The van der Waals surface area contributed by atoms with Gasteiger partial charge in [0.1, 0.15) is 13.2 Å². The van der Waals surface area contributed by atoms with Crippen LogP contribution < -0.4 is 0 Å². The summed E-state index contributed by atoms with van der Waals surface area (Å²) in [5.74, 6) is -0.641. The maximum atomic E-state index is 10.8. The molecule has 0 aliphatic heterocycles. The second-order valence-corrected chi connectivity index (χ2v) is 4.52. The molecule has 6 heteroatoms. The van der Waals surface area contributed by atoms with Gasteiger partial charge in [-0.3, -0.25) is 9.59 Å². The molecule has 0 N–H and O–H groups in total. The Morgan fingerprint density at radius 1 is 1.07 bits per heavy atom. The van der Waals surface area contributed by atoms with Crippen LogP contribution >= 0.6 is 31.9 Å². The Labute approximate surface area is 105 Å². The summed E-state index contributed by atoms with van der Waals surface area (Å²) < 4.78 is 10.9. The van der Waals surface area contributed by atoms with Crippen LogP contribution in [-0.2, 0) is 19.1 Å². The van der Waals surface area contributed by atoms with E-state index < -0.39 is 0 Å². The lowest BCUT2D eigenvalue weighted by Crippen LogP contribution is -2.06. The van der Waals surface area contributed by atoms with Crippen molar-refractivity contribution in [2.24, 2.45) is 0 Å². The van der Waals surface area contributed by atoms with Crippen LogP contribution in [0.4, 0.5) is 0 Å². The molecule has 0 aliphatic rings. The molecule has 0 aromatic rings. The standard InChI is InChI=1S/C9H12Br2O4/c1-3-9(13)15-5-8(11)7(10)4-14-6(2)12/h3-5H2,1-2H3/b8-7+. The number of hydrogen-bond acceptors (Lipinski definition) is 4. The first kappa shape index (κ1) is 14.6. The van der Waals surface area contributed by atoms with Crippen LogP contribution in [0.5, 0.6) is 0 Å². The number of carbonyl (C=O) groups is 2. The normalized spacial score (nSPS) is 11.7. The van der Waals surface area contributed by atoms with Gasteiger partial charge in [-0.15, -0.1) is 0 Å². The van der Waals surface area contributed by atoms with Crippen molar-refractivity contribution in [2.45, 2.75) is 20.3 Å². The average Bonchev–Trinajstić information content (AvgIpc) is 2.21. The van der Waals surface area contributed by atoms with E-state index in [9.17, 15) is 9.59 Å². The molecule has 4 nitrogen and oxygen atoms in total. The number of halogens is 2. The van der Waals surface area contributed by atoms with E-state index in [0.29, 0.717) is 15.4 Å². The van der Waals surface area contributed by atoms with Crippen molar-refractivity contribution in [1.29, 1.82) is 0 Å². The average molecular weight is 344 g/mol. The predicted molar refractivity (Wildman–Crippen MR) is 62.8 cm³/mol. The topological polar surface area (TPSA) is 52.6 Å². The quantitative estimate of drug-likeness (QED) is 0.720. The Morgan fingerprint density at radius 3 is 1.93 bits per heavy atom. The highest BCUT2D eigenvalue weighted by Gasteiger charge is 2.06. The van der Waals surface area contributed by atoms with Gasteiger partial charge in [-0.2, -0.15) is 0 Å². The Morgan fingerprint density at radius 2 is 1.53 bits per heavy atom. The number of carbonyl (C=O) groups excluding carboxylic acids is 2. The molecule has 0 saturated heterocycles. The van der Waals surface area contributed by atoms with Gasteiger partial charge in [0, 0.05) is 22.3 Å². The molecule has 0 aliphatic carbocycles. The van der Waals surface area contributed by atoms with Crippen molar-refractivity contribution >= 4 is 43.8 Å². The number of hydrogen-bond donors (Lipinski definition) is 0. The van der Waals surface area contributed by atoms with E-state index in [1.807, 2.05) is 0 Å². The number of esters is 2. The molecular formula is C9H12Br2O4. The van der Waals surface area contributed by atoms with Gasteiger partial charge in [0.05, 0.1) is 0 Å². The summed E-state index contributed by atoms with van der Waals surface area (Å²) in [6.45, 7) is 3.30. The Hall–Kier alpha value is -0.360. The fourth-order valence-corrected chi connectivity index (χ4v) is 1.03.